The molecule has 0 aliphatic carbocycles. The number of unbranched alkanes of at least 4 members (excludes halogenated alkanes) is 2. The minimum atomic E-state index is 0.230. The molecule has 0 fully saturated rings. The van der Waals surface area contributed by atoms with E-state index in [1.54, 1.807) is 11.3 Å². The van der Waals surface area contributed by atoms with Gasteiger partial charge in [-0.15, -0.1) is 11.3 Å². The molecule has 194 valence electrons. The lowest BCUT2D eigenvalue weighted by Gasteiger charge is -2.10. The molecule has 0 unspecified atom stereocenters. The molecule has 1 heterocycles. The van der Waals surface area contributed by atoms with E-state index in [1.165, 1.54) is 0 Å². The Balaban J connectivity index is 1.38. The standard InChI is InChI=1S/C32H29BrO4S/c33-25-11-9-24(10-12-25)32-31(37-27-15-13-26(14-16-27)35-20-6-2-5-19-34)29-18-17-28(21-30(29)38-32)36-22-23-7-3-1-4-8-23/h1,3-4,7-18,21,34H,2,5-6,19-20,22H2. The predicted molar refractivity (Wildman–Crippen MR) is 159 cm³/mol. The first-order valence-electron chi connectivity index (χ1n) is 12.7. The molecular weight excluding hydrogens is 560 g/mol. The largest absolute Gasteiger partial charge is 0.494 e. The van der Waals surface area contributed by atoms with Crippen molar-refractivity contribution in [1.29, 1.82) is 0 Å². The summed E-state index contributed by atoms with van der Waals surface area (Å²) in [5.74, 6) is 3.22. The van der Waals surface area contributed by atoms with Crippen LogP contribution in [0.1, 0.15) is 24.8 Å². The number of aliphatic hydroxyl groups excluding tert-OH is 1. The third kappa shape index (κ3) is 6.76. The summed E-state index contributed by atoms with van der Waals surface area (Å²) >= 11 is 5.24. The van der Waals surface area contributed by atoms with E-state index in [9.17, 15) is 0 Å². The Morgan fingerprint density at radius 3 is 2.21 bits per heavy atom. The lowest BCUT2D eigenvalue weighted by Crippen LogP contribution is -1.97. The molecule has 0 amide bonds. The van der Waals surface area contributed by atoms with Crippen LogP contribution in [0.3, 0.4) is 0 Å². The monoisotopic (exact) mass is 588 g/mol. The molecule has 5 aromatic rings. The van der Waals surface area contributed by atoms with Crippen molar-refractivity contribution in [2.24, 2.45) is 0 Å². The first-order chi connectivity index (χ1) is 18.7. The van der Waals surface area contributed by atoms with Crippen molar-refractivity contribution in [2.45, 2.75) is 25.9 Å². The highest BCUT2D eigenvalue weighted by atomic mass is 79.9. The van der Waals surface area contributed by atoms with Crippen LogP contribution < -0.4 is 14.2 Å². The van der Waals surface area contributed by atoms with Gasteiger partial charge in [-0.25, -0.2) is 0 Å². The van der Waals surface area contributed by atoms with Gasteiger partial charge in [-0.3, -0.25) is 0 Å². The molecule has 1 N–H and O–H groups in total. The Bertz CT molecular complexity index is 1450. The van der Waals surface area contributed by atoms with Gasteiger partial charge in [0.25, 0.3) is 0 Å². The number of ether oxygens (including phenoxy) is 3. The van der Waals surface area contributed by atoms with Crippen LogP contribution in [-0.2, 0) is 6.61 Å². The second-order valence-electron chi connectivity index (χ2n) is 8.91. The molecular formula is C32H29BrO4S. The number of hydrogen-bond donors (Lipinski definition) is 1. The van der Waals surface area contributed by atoms with Crippen LogP contribution in [-0.4, -0.2) is 18.3 Å². The molecule has 0 aliphatic heterocycles. The number of benzene rings is 4. The van der Waals surface area contributed by atoms with Gasteiger partial charge in [-0.05, 0) is 85.0 Å². The third-order valence-corrected chi connectivity index (χ3v) is 7.80. The number of aliphatic hydroxyl groups is 1. The maximum atomic E-state index is 8.91. The second kappa shape index (κ2) is 13.0. The van der Waals surface area contributed by atoms with E-state index in [-0.39, 0.29) is 6.61 Å². The van der Waals surface area contributed by atoms with E-state index < -0.39 is 0 Å². The van der Waals surface area contributed by atoms with Gasteiger partial charge in [-0.2, -0.15) is 0 Å². The number of thiophene rings is 1. The quantitative estimate of drug-likeness (QED) is 0.147. The zero-order valence-corrected chi connectivity index (χ0v) is 23.3. The summed E-state index contributed by atoms with van der Waals surface area (Å²) in [6.07, 6.45) is 2.69. The fourth-order valence-corrected chi connectivity index (χ4v) is 5.51. The fourth-order valence-electron chi connectivity index (χ4n) is 4.08. The molecule has 0 saturated carbocycles. The van der Waals surface area contributed by atoms with Gasteiger partial charge >= 0.3 is 0 Å². The molecule has 5 rings (SSSR count). The highest BCUT2D eigenvalue weighted by Gasteiger charge is 2.17. The van der Waals surface area contributed by atoms with Crippen molar-refractivity contribution in [3.63, 3.8) is 0 Å². The number of halogens is 1. The molecule has 38 heavy (non-hydrogen) atoms. The SMILES string of the molecule is OCCCCCOc1ccc(Oc2c(-c3ccc(Br)cc3)sc3cc(OCc4ccccc4)ccc23)cc1. The Hall–Kier alpha value is -3.32. The molecule has 1 aromatic heterocycles. The average molecular weight is 590 g/mol. The molecule has 0 spiro atoms. The van der Waals surface area contributed by atoms with E-state index in [0.717, 1.165) is 72.8 Å². The Kier molecular flexibility index (Phi) is 8.97. The summed E-state index contributed by atoms with van der Waals surface area (Å²) in [6, 6.07) is 32.4. The minimum Gasteiger partial charge on any atom is -0.494 e. The Morgan fingerprint density at radius 2 is 1.45 bits per heavy atom. The molecule has 4 nitrogen and oxygen atoms in total. The topological polar surface area (TPSA) is 47.9 Å². The van der Waals surface area contributed by atoms with Gasteiger partial charge in [0, 0.05) is 21.2 Å². The maximum Gasteiger partial charge on any atom is 0.153 e. The van der Waals surface area contributed by atoms with Crippen LogP contribution in [0.15, 0.2) is 102 Å². The van der Waals surface area contributed by atoms with Crippen molar-refractivity contribution in [1.82, 2.24) is 0 Å². The lowest BCUT2D eigenvalue weighted by molar-refractivity contribution is 0.266. The maximum absolute atomic E-state index is 8.91. The molecule has 0 aliphatic rings. The normalized spacial score (nSPS) is 11.0. The molecule has 4 aromatic carbocycles. The lowest BCUT2D eigenvalue weighted by atomic mass is 10.1. The minimum absolute atomic E-state index is 0.230. The summed E-state index contributed by atoms with van der Waals surface area (Å²) in [5.41, 5.74) is 2.23. The van der Waals surface area contributed by atoms with Gasteiger partial charge in [-0.1, -0.05) is 58.4 Å². The average Bonchev–Trinajstić information content (AvgIpc) is 3.31. The molecule has 6 heteroatoms. The number of hydrogen-bond acceptors (Lipinski definition) is 5. The van der Waals surface area contributed by atoms with E-state index in [4.69, 9.17) is 19.3 Å². The van der Waals surface area contributed by atoms with Crippen LogP contribution in [0.25, 0.3) is 20.5 Å². The van der Waals surface area contributed by atoms with Crippen LogP contribution in [0, 0.1) is 0 Å². The van der Waals surface area contributed by atoms with Crippen molar-refractivity contribution in [3.05, 3.63) is 107 Å². The molecule has 0 atom stereocenters. The summed E-state index contributed by atoms with van der Waals surface area (Å²) in [7, 11) is 0. The van der Waals surface area contributed by atoms with E-state index >= 15 is 0 Å². The van der Waals surface area contributed by atoms with Crippen molar-refractivity contribution in [3.8, 4) is 33.4 Å². The van der Waals surface area contributed by atoms with Gasteiger partial charge in [0.15, 0.2) is 5.75 Å². The van der Waals surface area contributed by atoms with Crippen molar-refractivity contribution < 1.29 is 19.3 Å². The smallest absolute Gasteiger partial charge is 0.153 e. The fraction of sp³-hybridized carbons (Fsp3) is 0.188. The van der Waals surface area contributed by atoms with Crippen molar-refractivity contribution in [2.75, 3.05) is 13.2 Å². The van der Waals surface area contributed by atoms with E-state index in [0.29, 0.717) is 13.2 Å². The number of rotatable bonds is 12. The van der Waals surface area contributed by atoms with E-state index in [2.05, 4.69) is 52.3 Å². The molecule has 0 radical (unpaired) electrons. The highest BCUT2D eigenvalue weighted by molar-refractivity contribution is 9.10. The van der Waals surface area contributed by atoms with Crippen LogP contribution >= 0.6 is 27.3 Å². The van der Waals surface area contributed by atoms with E-state index in [1.807, 2.05) is 60.7 Å². The molecule has 0 bridgehead atoms. The summed E-state index contributed by atoms with van der Waals surface area (Å²) < 4.78 is 20.6. The van der Waals surface area contributed by atoms with Crippen molar-refractivity contribution >= 4 is 37.4 Å². The first-order valence-corrected chi connectivity index (χ1v) is 14.3. The van der Waals surface area contributed by atoms with Crippen LogP contribution in [0.2, 0.25) is 0 Å². The van der Waals surface area contributed by atoms with Gasteiger partial charge < -0.3 is 19.3 Å². The van der Waals surface area contributed by atoms with Gasteiger partial charge in [0.05, 0.1) is 11.5 Å². The first kappa shape index (κ1) is 26.3. The van der Waals surface area contributed by atoms with Crippen LogP contribution in [0.4, 0.5) is 0 Å². The van der Waals surface area contributed by atoms with Gasteiger partial charge in [0.2, 0.25) is 0 Å². The number of fused-ring (bicyclic) bond motifs is 1. The van der Waals surface area contributed by atoms with Gasteiger partial charge in [0.1, 0.15) is 23.9 Å². The summed E-state index contributed by atoms with van der Waals surface area (Å²) in [6.45, 7) is 1.39. The third-order valence-electron chi connectivity index (χ3n) is 6.09. The second-order valence-corrected chi connectivity index (χ2v) is 10.9. The Labute approximate surface area is 235 Å². The summed E-state index contributed by atoms with van der Waals surface area (Å²) in [4.78, 5) is 1.07. The molecule has 0 saturated heterocycles. The zero-order chi connectivity index (χ0) is 26.2. The predicted octanol–water partition coefficient (Wildman–Crippen LogP) is 9.24. The summed E-state index contributed by atoms with van der Waals surface area (Å²) in [5, 5.41) is 9.95. The Morgan fingerprint density at radius 1 is 0.711 bits per heavy atom. The zero-order valence-electron chi connectivity index (χ0n) is 20.9. The highest BCUT2D eigenvalue weighted by Crippen LogP contribution is 2.47. The van der Waals surface area contributed by atoms with Crippen LogP contribution in [0.5, 0.6) is 23.0 Å².